The van der Waals surface area contributed by atoms with Crippen LogP contribution in [0.15, 0.2) is 48.5 Å². The van der Waals surface area contributed by atoms with Crippen molar-refractivity contribution in [2.24, 2.45) is 0 Å². The standard InChI is InChI=1S/C18H15FN2O/c1-11-6-7-16-15(8-11)17(9-12(2)20-16)21-18(22)13-4-3-5-14(19)10-13/h3-10H,1-2H3,(H,20,21,22). The molecule has 0 atom stereocenters. The predicted molar refractivity (Wildman–Crippen MR) is 85.6 cm³/mol. The Morgan fingerprint density at radius 1 is 1.09 bits per heavy atom. The lowest BCUT2D eigenvalue weighted by Crippen LogP contribution is -2.12. The lowest BCUT2D eigenvalue weighted by molar-refractivity contribution is 0.102. The van der Waals surface area contributed by atoms with Crippen molar-refractivity contribution in [2.75, 3.05) is 5.32 Å². The van der Waals surface area contributed by atoms with Crippen molar-refractivity contribution in [3.05, 3.63) is 71.2 Å². The minimum absolute atomic E-state index is 0.287. The van der Waals surface area contributed by atoms with E-state index in [1.165, 1.54) is 18.2 Å². The zero-order valence-electron chi connectivity index (χ0n) is 12.4. The van der Waals surface area contributed by atoms with Crippen LogP contribution < -0.4 is 5.32 Å². The SMILES string of the molecule is Cc1ccc2nc(C)cc(NC(=O)c3cccc(F)c3)c2c1. The van der Waals surface area contributed by atoms with E-state index in [0.29, 0.717) is 5.69 Å². The highest BCUT2D eigenvalue weighted by Crippen LogP contribution is 2.25. The van der Waals surface area contributed by atoms with E-state index in [1.54, 1.807) is 6.07 Å². The minimum atomic E-state index is -0.431. The van der Waals surface area contributed by atoms with Crippen molar-refractivity contribution in [1.29, 1.82) is 0 Å². The molecule has 0 aliphatic carbocycles. The van der Waals surface area contributed by atoms with Crippen LogP contribution in [0.4, 0.5) is 10.1 Å². The molecule has 3 nitrogen and oxygen atoms in total. The Morgan fingerprint density at radius 2 is 1.91 bits per heavy atom. The van der Waals surface area contributed by atoms with E-state index in [2.05, 4.69) is 10.3 Å². The number of carbonyl (C=O) groups excluding carboxylic acids is 1. The summed E-state index contributed by atoms with van der Waals surface area (Å²) in [6.45, 7) is 3.86. The summed E-state index contributed by atoms with van der Waals surface area (Å²) in [6, 6.07) is 13.3. The van der Waals surface area contributed by atoms with E-state index in [0.717, 1.165) is 22.2 Å². The molecule has 1 aromatic heterocycles. The maximum Gasteiger partial charge on any atom is 0.255 e. The normalized spacial score (nSPS) is 10.7. The number of hydrogen-bond donors (Lipinski definition) is 1. The number of amides is 1. The fourth-order valence-corrected chi connectivity index (χ4v) is 2.40. The van der Waals surface area contributed by atoms with E-state index in [1.807, 2.05) is 38.1 Å². The zero-order chi connectivity index (χ0) is 15.7. The van der Waals surface area contributed by atoms with Gasteiger partial charge in [0.15, 0.2) is 0 Å². The number of anilines is 1. The van der Waals surface area contributed by atoms with Gasteiger partial charge in [0.25, 0.3) is 5.91 Å². The number of nitrogens with zero attached hydrogens (tertiary/aromatic N) is 1. The van der Waals surface area contributed by atoms with Crippen LogP contribution >= 0.6 is 0 Å². The van der Waals surface area contributed by atoms with Crippen LogP contribution in [0.5, 0.6) is 0 Å². The van der Waals surface area contributed by atoms with Crippen LogP contribution in [0.2, 0.25) is 0 Å². The van der Waals surface area contributed by atoms with Crippen LogP contribution in [0.3, 0.4) is 0 Å². The van der Waals surface area contributed by atoms with Gasteiger partial charge in [-0.15, -0.1) is 0 Å². The third-order valence-electron chi connectivity index (χ3n) is 3.43. The van der Waals surface area contributed by atoms with Gasteiger partial charge in [0, 0.05) is 16.6 Å². The molecule has 0 saturated heterocycles. The van der Waals surface area contributed by atoms with Crippen LogP contribution in [0.1, 0.15) is 21.6 Å². The summed E-state index contributed by atoms with van der Waals surface area (Å²) in [5, 5.41) is 3.72. The number of aromatic nitrogens is 1. The smallest absolute Gasteiger partial charge is 0.255 e. The number of nitrogens with one attached hydrogen (secondary N) is 1. The van der Waals surface area contributed by atoms with E-state index in [9.17, 15) is 9.18 Å². The quantitative estimate of drug-likeness (QED) is 0.768. The fourth-order valence-electron chi connectivity index (χ4n) is 2.40. The molecule has 110 valence electrons. The van der Waals surface area contributed by atoms with Crippen molar-refractivity contribution >= 4 is 22.5 Å². The number of pyridine rings is 1. The van der Waals surface area contributed by atoms with Gasteiger partial charge in [0.05, 0.1) is 11.2 Å². The molecular formula is C18H15FN2O. The molecule has 0 bridgehead atoms. The Labute approximate surface area is 127 Å². The van der Waals surface area contributed by atoms with E-state index in [-0.39, 0.29) is 11.5 Å². The number of benzene rings is 2. The van der Waals surface area contributed by atoms with Gasteiger partial charge < -0.3 is 5.32 Å². The second-order valence-electron chi connectivity index (χ2n) is 5.30. The van der Waals surface area contributed by atoms with Crippen LogP contribution in [-0.4, -0.2) is 10.9 Å². The second-order valence-corrected chi connectivity index (χ2v) is 5.30. The largest absolute Gasteiger partial charge is 0.321 e. The van der Waals surface area contributed by atoms with Crippen molar-refractivity contribution in [3.8, 4) is 0 Å². The molecule has 0 saturated carbocycles. The summed E-state index contributed by atoms with van der Waals surface area (Å²) in [4.78, 5) is 16.8. The predicted octanol–water partition coefficient (Wildman–Crippen LogP) is 4.24. The van der Waals surface area contributed by atoms with Crippen LogP contribution in [0, 0.1) is 19.7 Å². The fraction of sp³-hybridized carbons (Fsp3) is 0.111. The number of aryl methyl sites for hydroxylation is 2. The van der Waals surface area contributed by atoms with Gasteiger partial charge in [0.2, 0.25) is 0 Å². The highest BCUT2D eigenvalue weighted by Gasteiger charge is 2.10. The Bertz CT molecular complexity index is 874. The molecular weight excluding hydrogens is 279 g/mol. The zero-order valence-corrected chi connectivity index (χ0v) is 12.4. The van der Waals surface area contributed by atoms with Crippen LogP contribution in [0.25, 0.3) is 10.9 Å². The van der Waals surface area contributed by atoms with Crippen molar-refractivity contribution in [3.63, 3.8) is 0 Å². The van der Waals surface area contributed by atoms with Crippen molar-refractivity contribution < 1.29 is 9.18 Å². The maximum atomic E-state index is 13.2. The van der Waals surface area contributed by atoms with E-state index < -0.39 is 5.82 Å². The van der Waals surface area contributed by atoms with E-state index >= 15 is 0 Å². The monoisotopic (exact) mass is 294 g/mol. The van der Waals surface area contributed by atoms with E-state index in [4.69, 9.17) is 0 Å². The number of hydrogen-bond acceptors (Lipinski definition) is 2. The minimum Gasteiger partial charge on any atom is -0.321 e. The maximum absolute atomic E-state index is 13.2. The van der Waals surface area contributed by atoms with Gasteiger partial charge in [-0.3, -0.25) is 9.78 Å². The first-order chi connectivity index (χ1) is 10.5. The van der Waals surface area contributed by atoms with Gasteiger partial charge in [-0.05, 0) is 50.2 Å². The average Bonchev–Trinajstić information content (AvgIpc) is 2.48. The lowest BCUT2D eigenvalue weighted by Gasteiger charge is -2.10. The third-order valence-corrected chi connectivity index (χ3v) is 3.43. The summed E-state index contributed by atoms with van der Waals surface area (Å²) in [5.74, 6) is -0.771. The first-order valence-corrected chi connectivity index (χ1v) is 6.98. The molecule has 0 aliphatic heterocycles. The number of rotatable bonds is 2. The Hall–Kier alpha value is -2.75. The highest BCUT2D eigenvalue weighted by molar-refractivity contribution is 6.08. The average molecular weight is 294 g/mol. The molecule has 0 aliphatic rings. The van der Waals surface area contributed by atoms with Gasteiger partial charge in [-0.1, -0.05) is 17.7 Å². The van der Waals surface area contributed by atoms with Gasteiger partial charge in [0.1, 0.15) is 5.82 Å². The Balaban J connectivity index is 2.03. The molecule has 3 aromatic rings. The molecule has 1 N–H and O–H groups in total. The van der Waals surface area contributed by atoms with Gasteiger partial charge >= 0.3 is 0 Å². The molecule has 0 fully saturated rings. The molecule has 0 spiro atoms. The molecule has 0 radical (unpaired) electrons. The van der Waals surface area contributed by atoms with Crippen molar-refractivity contribution in [2.45, 2.75) is 13.8 Å². The number of fused-ring (bicyclic) bond motifs is 1. The number of carbonyl (C=O) groups is 1. The molecule has 2 aromatic carbocycles. The molecule has 3 rings (SSSR count). The second kappa shape index (κ2) is 5.56. The first kappa shape index (κ1) is 14.2. The summed E-state index contributed by atoms with van der Waals surface area (Å²) in [5.41, 5.74) is 3.68. The lowest BCUT2D eigenvalue weighted by atomic mass is 10.1. The molecule has 1 amide bonds. The third kappa shape index (κ3) is 2.81. The van der Waals surface area contributed by atoms with Gasteiger partial charge in [-0.2, -0.15) is 0 Å². The summed E-state index contributed by atoms with van der Waals surface area (Å²) in [7, 11) is 0. The first-order valence-electron chi connectivity index (χ1n) is 6.98. The summed E-state index contributed by atoms with van der Waals surface area (Å²) >= 11 is 0. The molecule has 22 heavy (non-hydrogen) atoms. The Morgan fingerprint density at radius 3 is 2.68 bits per heavy atom. The van der Waals surface area contributed by atoms with Crippen LogP contribution in [-0.2, 0) is 0 Å². The number of halogens is 1. The molecule has 4 heteroatoms. The highest BCUT2D eigenvalue weighted by atomic mass is 19.1. The topological polar surface area (TPSA) is 42.0 Å². The van der Waals surface area contributed by atoms with Gasteiger partial charge in [-0.25, -0.2) is 4.39 Å². The molecule has 1 heterocycles. The summed E-state index contributed by atoms with van der Waals surface area (Å²) in [6.07, 6.45) is 0. The van der Waals surface area contributed by atoms with Crippen molar-refractivity contribution in [1.82, 2.24) is 4.98 Å². The molecule has 0 unspecified atom stereocenters. The Kier molecular flexibility index (Phi) is 3.59. The summed E-state index contributed by atoms with van der Waals surface area (Å²) < 4.78 is 13.2.